The fourth-order valence-electron chi connectivity index (χ4n) is 1.60. The number of nitrogens with one attached hydrogen (secondary N) is 1. The Morgan fingerprint density at radius 2 is 1.68 bits per heavy atom. The van der Waals surface area contributed by atoms with Gasteiger partial charge in [-0.2, -0.15) is 0 Å². The minimum atomic E-state index is -1.26. The zero-order chi connectivity index (χ0) is 19.6. The van der Waals surface area contributed by atoms with E-state index in [0.29, 0.717) is 29.8 Å². The average molecular weight is 355 g/mol. The Hall–Kier alpha value is -2.42. The first-order valence-corrected chi connectivity index (χ1v) is 7.46. The van der Waals surface area contributed by atoms with Crippen molar-refractivity contribution in [3.63, 3.8) is 0 Å². The van der Waals surface area contributed by atoms with E-state index >= 15 is 0 Å². The summed E-state index contributed by atoms with van der Waals surface area (Å²) in [7, 11) is 0. The number of aliphatic hydroxyl groups is 2. The molecule has 1 aromatic rings. The second-order valence-corrected chi connectivity index (χ2v) is 6.20. The van der Waals surface area contributed by atoms with Gasteiger partial charge in [-0.1, -0.05) is 6.07 Å². The highest BCUT2D eigenvalue weighted by Gasteiger charge is 2.14. The fraction of sp³-hybridized carbons (Fsp3) is 0.412. The first-order chi connectivity index (χ1) is 11.5. The molecule has 25 heavy (non-hydrogen) atoms. The van der Waals surface area contributed by atoms with Crippen molar-refractivity contribution in [2.45, 2.75) is 39.0 Å². The van der Waals surface area contributed by atoms with Gasteiger partial charge >= 0.3 is 11.9 Å². The standard InChI is InChI=1S/C13H21NO3.C4H4O4/c1-13(2,3)14-7-12(17)9-4-5-11(16)10(6-9)8-15;5-3(6)1-2-4(7)8/h4-6,12,14-17H,7-8H2,1-3H3;1-2H,(H,5,6)(H,7,8). The van der Waals surface area contributed by atoms with Crippen LogP contribution in [-0.4, -0.2) is 49.6 Å². The summed E-state index contributed by atoms with van der Waals surface area (Å²) >= 11 is 0. The number of benzene rings is 1. The third-order valence-electron chi connectivity index (χ3n) is 2.85. The number of phenols is 1. The lowest BCUT2D eigenvalue weighted by Gasteiger charge is -2.23. The molecule has 1 aromatic carbocycles. The van der Waals surface area contributed by atoms with Gasteiger partial charge in [0.25, 0.3) is 0 Å². The van der Waals surface area contributed by atoms with Crippen LogP contribution in [0.2, 0.25) is 0 Å². The van der Waals surface area contributed by atoms with Crippen LogP contribution in [0.25, 0.3) is 0 Å². The molecule has 0 aliphatic carbocycles. The maximum Gasteiger partial charge on any atom is 0.328 e. The molecule has 0 amide bonds. The van der Waals surface area contributed by atoms with Crippen molar-refractivity contribution in [1.82, 2.24) is 5.32 Å². The predicted octanol–water partition coefficient (Wildman–Crippen LogP) is 1.02. The summed E-state index contributed by atoms with van der Waals surface area (Å²) in [5, 5.41) is 47.2. The number of carboxylic acids is 2. The van der Waals surface area contributed by atoms with Crippen LogP contribution in [0.1, 0.15) is 38.0 Å². The lowest BCUT2D eigenvalue weighted by molar-refractivity contribution is -0.134. The maximum absolute atomic E-state index is 9.97. The van der Waals surface area contributed by atoms with E-state index < -0.39 is 18.0 Å². The minimum absolute atomic E-state index is 0.0484. The number of β-amino-alcohol motifs (C(OH)–C–C–N with tert-alkyl or cyclic N) is 1. The molecule has 0 heterocycles. The van der Waals surface area contributed by atoms with Crippen LogP contribution in [0.15, 0.2) is 30.4 Å². The molecular weight excluding hydrogens is 330 g/mol. The molecule has 0 aliphatic rings. The highest BCUT2D eigenvalue weighted by Crippen LogP contribution is 2.22. The van der Waals surface area contributed by atoms with Gasteiger partial charge in [-0.3, -0.25) is 0 Å². The molecule has 6 N–H and O–H groups in total. The quantitative estimate of drug-likeness (QED) is 0.414. The van der Waals surface area contributed by atoms with Crippen molar-refractivity contribution in [2.24, 2.45) is 0 Å². The molecular formula is C17H25NO7. The summed E-state index contributed by atoms with van der Waals surface area (Å²) in [5.74, 6) is -2.47. The van der Waals surface area contributed by atoms with Gasteiger partial charge < -0.3 is 30.8 Å². The molecule has 1 rings (SSSR count). The van der Waals surface area contributed by atoms with Crippen LogP contribution >= 0.6 is 0 Å². The third-order valence-corrected chi connectivity index (χ3v) is 2.85. The molecule has 8 heteroatoms. The number of rotatable bonds is 6. The van der Waals surface area contributed by atoms with Crippen LogP contribution in [0.3, 0.4) is 0 Å². The largest absolute Gasteiger partial charge is 0.508 e. The van der Waals surface area contributed by atoms with Crippen molar-refractivity contribution in [3.8, 4) is 5.75 Å². The van der Waals surface area contributed by atoms with E-state index in [2.05, 4.69) is 5.32 Å². The second-order valence-electron chi connectivity index (χ2n) is 6.20. The van der Waals surface area contributed by atoms with Gasteiger partial charge in [-0.15, -0.1) is 0 Å². The smallest absolute Gasteiger partial charge is 0.328 e. The molecule has 1 atom stereocenters. The maximum atomic E-state index is 9.97. The number of hydrogen-bond donors (Lipinski definition) is 6. The van der Waals surface area contributed by atoms with E-state index in [-0.39, 0.29) is 17.9 Å². The number of aliphatic hydroxyl groups excluding tert-OH is 2. The van der Waals surface area contributed by atoms with Crippen molar-refractivity contribution in [1.29, 1.82) is 0 Å². The Labute approximate surface area is 146 Å². The van der Waals surface area contributed by atoms with E-state index in [1.165, 1.54) is 6.07 Å². The Morgan fingerprint density at radius 3 is 2.08 bits per heavy atom. The number of aromatic hydroxyl groups is 1. The molecule has 0 spiro atoms. The summed E-state index contributed by atoms with van der Waals surface area (Å²) < 4.78 is 0. The normalized spacial score (nSPS) is 12.4. The fourth-order valence-corrected chi connectivity index (χ4v) is 1.60. The van der Waals surface area contributed by atoms with Crippen molar-refractivity contribution in [3.05, 3.63) is 41.5 Å². The molecule has 1 unspecified atom stereocenters. The van der Waals surface area contributed by atoms with Gasteiger partial charge in [-0.05, 0) is 38.5 Å². The lowest BCUT2D eigenvalue weighted by atomic mass is 10.0. The summed E-state index contributed by atoms with van der Waals surface area (Å²) in [6.07, 6.45) is 0.463. The van der Waals surface area contributed by atoms with Crippen LogP contribution in [0.5, 0.6) is 5.75 Å². The van der Waals surface area contributed by atoms with Crippen LogP contribution in [0, 0.1) is 0 Å². The highest BCUT2D eigenvalue weighted by molar-refractivity contribution is 5.89. The number of hydrogen-bond acceptors (Lipinski definition) is 6. The molecule has 0 bridgehead atoms. The minimum Gasteiger partial charge on any atom is -0.508 e. The number of aliphatic carboxylic acids is 2. The molecule has 0 fully saturated rings. The van der Waals surface area contributed by atoms with Crippen LogP contribution in [-0.2, 0) is 16.2 Å². The lowest BCUT2D eigenvalue weighted by Crippen LogP contribution is -2.38. The molecule has 0 aliphatic heterocycles. The van der Waals surface area contributed by atoms with E-state index in [1.807, 2.05) is 20.8 Å². The molecule has 0 saturated carbocycles. The van der Waals surface area contributed by atoms with Gasteiger partial charge in [0.2, 0.25) is 0 Å². The van der Waals surface area contributed by atoms with E-state index in [0.717, 1.165) is 0 Å². The molecule has 0 saturated heterocycles. The second kappa shape index (κ2) is 10.4. The van der Waals surface area contributed by atoms with E-state index in [9.17, 15) is 19.8 Å². The summed E-state index contributed by atoms with van der Waals surface area (Å²) in [5.41, 5.74) is 1.05. The van der Waals surface area contributed by atoms with Gasteiger partial charge in [0.15, 0.2) is 0 Å². The van der Waals surface area contributed by atoms with Crippen molar-refractivity contribution in [2.75, 3.05) is 6.54 Å². The first-order valence-electron chi connectivity index (χ1n) is 7.46. The van der Waals surface area contributed by atoms with Crippen LogP contribution in [0.4, 0.5) is 0 Å². The SMILES string of the molecule is CC(C)(C)NCC(O)c1ccc(O)c(CO)c1.O=C(O)C=CC(=O)O. The van der Waals surface area contributed by atoms with Gasteiger partial charge in [-0.25, -0.2) is 9.59 Å². The van der Waals surface area contributed by atoms with Crippen molar-refractivity contribution < 1.29 is 35.1 Å². The first kappa shape index (κ1) is 22.6. The molecule has 0 radical (unpaired) electrons. The Balaban J connectivity index is 0.000000609. The zero-order valence-corrected chi connectivity index (χ0v) is 14.4. The zero-order valence-electron chi connectivity index (χ0n) is 14.4. The molecule has 0 aromatic heterocycles. The number of carbonyl (C=O) groups is 2. The molecule has 8 nitrogen and oxygen atoms in total. The van der Waals surface area contributed by atoms with Crippen molar-refractivity contribution >= 4 is 11.9 Å². The van der Waals surface area contributed by atoms with E-state index in [1.54, 1.807) is 12.1 Å². The van der Waals surface area contributed by atoms with Crippen LogP contribution < -0.4 is 5.32 Å². The Morgan fingerprint density at radius 1 is 1.16 bits per heavy atom. The summed E-state index contributed by atoms with van der Waals surface area (Å²) in [6, 6.07) is 4.76. The summed E-state index contributed by atoms with van der Waals surface area (Å²) in [4.78, 5) is 19.1. The highest BCUT2D eigenvalue weighted by atomic mass is 16.4. The molecule has 140 valence electrons. The van der Waals surface area contributed by atoms with E-state index in [4.69, 9.17) is 15.3 Å². The Bertz CT molecular complexity index is 590. The third kappa shape index (κ3) is 10.9. The van der Waals surface area contributed by atoms with Gasteiger partial charge in [0.05, 0.1) is 12.7 Å². The topological polar surface area (TPSA) is 147 Å². The average Bonchev–Trinajstić information content (AvgIpc) is 2.51. The monoisotopic (exact) mass is 355 g/mol. The summed E-state index contributed by atoms with van der Waals surface area (Å²) in [6.45, 7) is 6.26. The van der Waals surface area contributed by atoms with Gasteiger partial charge in [0.1, 0.15) is 5.75 Å². The van der Waals surface area contributed by atoms with Gasteiger partial charge in [0, 0.05) is 29.8 Å². The number of carboxylic acid groups (broad SMARTS) is 2. The predicted molar refractivity (Wildman–Crippen MR) is 91.2 cm³/mol. The Kier molecular flexibility index (Phi) is 9.43.